The minimum atomic E-state index is -3.72. The Morgan fingerprint density at radius 1 is 1.37 bits per heavy atom. The van der Waals surface area contributed by atoms with Crippen LogP contribution < -0.4 is 0 Å². The first kappa shape index (κ1) is 19.6. The number of nitrogens with zero attached hydrogens (tertiary/aromatic N) is 3. The van der Waals surface area contributed by atoms with Crippen molar-refractivity contribution in [3.63, 3.8) is 0 Å². The molecule has 0 aliphatic carbocycles. The second-order valence-corrected chi connectivity index (χ2v) is 8.86. The molecule has 0 unspecified atom stereocenters. The van der Waals surface area contributed by atoms with E-state index in [4.69, 9.17) is 4.42 Å². The zero-order valence-electron chi connectivity index (χ0n) is 15.9. The van der Waals surface area contributed by atoms with Crippen LogP contribution in [-0.4, -0.2) is 60.4 Å². The third kappa shape index (κ3) is 4.08. The van der Waals surface area contributed by atoms with Gasteiger partial charge in [0.2, 0.25) is 11.0 Å². The summed E-state index contributed by atoms with van der Waals surface area (Å²) in [7, 11) is -1.92. The number of rotatable bonds is 6. The maximum absolute atomic E-state index is 12.9. The van der Waals surface area contributed by atoms with E-state index in [9.17, 15) is 13.2 Å². The van der Waals surface area contributed by atoms with Crippen molar-refractivity contribution in [3.8, 4) is 11.5 Å². The van der Waals surface area contributed by atoms with Gasteiger partial charge in [-0.3, -0.25) is 9.89 Å². The van der Waals surface area contributed by atoms with Crippen molar-refractivity contribution in [2.45, 2.75) is 38.2 Å². The van der Waals surface area contributed by atoms with Crippen LogP contribution in [0.2, 0.25) is 0 Å². The lowest BCUT2D eigenvalue weighted by atomic mass is 9.96. The number of H-pyrrole nitrogens is 1. The predicted molar refractivity (Wildman–Crippen MR) is 100 cm³/mol. The van der Waals surface area contributed by atoms with E-state index in [2.05, 4.69) is 10.2 Å². The number of furan rings is 1. The third-order valence-corrected chi connectivity index (χ3v) is 6.65. The highest BCUT2D eigenvalue weighted by atomic mass is 32.2. The van der Waals surface area contributed by atoms with Gasteiger partial charge in [0.1, 0.15) is 5.69 Å². The van der Waals surface area contributed by atoms with Crippen LogP contribution in [0.5, 0.6) is 0 Å². The van der Waals surface area contributed by atoms with Crippen molar-refractivity contribution in [1.82, 2.24) is 19.4 Å². The summed E-state index contributed by atoms with van der Waals surface area (Å²) in [6.07, 6.45) is 1.96. The van der Waals surface area contributed by atoms with Crippen molar-refractivity contribution >= 4 is 15.9 Å². The molecular weight excluding hydrogens is 368 g/mol. The van der Waals surface area contributed by atoms with Gasteiger partial charge in [-0.15, -0.1) is 0 Å². The molecule has 2 aromatic heterocycles. The maximum atomic E-state index is 12.9. The summed E-state index contributed by atoms with van der Waals surface area (Å²) in [4.78, 5) is 14.1. The fourth-order valence-electron chi connectivity index (χ4n) is 3.37. The molecule has 2 aromatic rings. The molecular formula is C18H26N4O4S. The Balaban J connectivity index is 1.67. The molecule has 3 heterocycles. The largest absolute Gasteiger partial charge is 0.442 e. The lowest BCUT2D eigenvalue weighted by Crippen LogP contribution is -2.43. The number of aryl methyl sites for hydroxylation is 1. The Morgan fingerprint density at radius 2 is 2.07 bits per heavy atom. The van der Waals surface area contributed by atoms with Crippen LogP contribution in [0.3, 0.4) is 0 Å². The first-order chi connectivity index (χ1) is 12.8. The van der Waals surface area contributed by atoms with Crippen LogP contribution in [0.1, 0.15) is 31.9 Å². The van der Waals surface area contributed by atoms with Crippen LogP contribution >= 0.6 is 0 Å². The van der Waals surface area contributed by atoms with E-state index in [-0.39, 0.29) is 16.9 Å². The van der Waals surface area contributed by atoms with Gasteiger partial charge in [0.05, 0.1) is 0 Å². The highest BCUT2D eigenvalue weighted by molar-refractivity contribution is 7.89. The van der Waals surface area contributed by atoms with Crippen molar-refractivity contribution in [3.05, 3.63) is 23.9 Å². The lowest BCUT2D eigenvalue weighted by molar-refractivity contribution is -0.135. The van der Waals surface area contributed by atoms with E-state index in [1.54, 1.807) is 24.1 Å². The van der Waals surface area contributed by atoms with E-state index >= 15 is 0 Å². The smallest absolute Gasteiger partial charge is 0.276 e. The van der Waals surface area contributed by atoms with Crippen LogP contribution in [0.25, 0.3) is 11.5 Å². The van der Waals surface area contributed by atoms with E-state index in [0.717, 1.165) is 18.7 Å². The van der Waals surface area contributed by atoms with Gasteiger partial charge < -0.3 is 9.32 Å². The Kier molecular flexibility index (Phi) is 5.71. The third-order valence-electron chi connectivity index (χ3n) is 4.87. The second kappa shape index (κ2) is 7.85. The number of aromatic nitrogens is 2. The van der Waals surface area contributed by atoms with Crippen LogP contribution in [-0.2, 0) is 14.8 Å². The molecule has 0 spiro atoms. The number of carbonyl (C=O) groups excluding carboxylic acids is 1. The number of sulfonamides is 1. The van der Waals surface area contributed by atoms with Gasteiger partial charge >= 0.3 is 0 Å². The summed E-state index contributed by atoms with van der Waals surface area (Å²) in [5.41, 5.74) is 1.43. The molecule has 1 N–H and O–H groups in total. The number of piperidine rings is 1. The molecule has 1 amide bonds. The molecule has 9 heteroatoms. The molecule has 8 nitrogen and oxygen atoms in total. The Bertz CT molecular complexity index is 894. The summed E-state index contributed by atoms with van der Waals surface area (Å²) in [6, 6.07) is 4.86. The first-order valence-electron chi connectivity index (χ1n) is 9.20. The minimum absolute atomic E-state index is 0.0916. The summed E-state index contributed by atoms with van der Waals surface area (Å²) in [5, 5.41) is 6.80. The van der Waals surface area contributed by atoms with Gasteiger partial charge in [0.25, 0.3) is 10.0 Å². The van der Waals surface area contributed by atoms with Crippen LogP contribution in [0.4, 0.5) is 0 Å². The Hall–Kier alpha value is -2.13. The summed E-state index contributed by atoms with van der Waals surface area (Å²) < 4.78 is 32.7. The number of nitrogens with one attached hydrogen (secondary N) is 1. The number of amides is 1. The highest BCUT2D eigenvalue weighted by Gasteiger charge is 2.34. The van der Waals surface area contributed by atoms with Gasteiger partial charge in [-0.2, -0.15) is 9.40 Å². The van der Waals surface area contributed by atoms with E-state index in [1.807, 2.05) is 13.8 Å². The van der Waals surface area contributed by atoms with Gasteiger partial charge in [0.15, 0.2) is 5.76 Å². The zero-order valence-corrected chi connectivity index (χ0v) is 16.8. The number of hydrogen-bond donors (Lipinski definition) is 1. The van der Waals surface area contributed by atoms with Crippen LogP contribution in [0.15, 0.2) is 27.7 Å². The second-order valence-electron chi connectivity index (χ2n) is 6.99. The fourth-order valence-corrected chi connectivity index (χ4v) is 4.75. The number of aromatic amines is 1. The lowest BCUT2D eigenvalue weighted by Gasteiger charge is -2.31. The van der Waals surface area contributed by atoms with E-state index < -0.39 is 10.0 Å². The van der Waals surface area contributed by atoms with Crippen molar-refractivity contribution in [2.75, 3.05) is 26.7 Å². The quantitative estimate of drug-likeness (QED) is 0.810. The minimum Gasteiger partial charge on any atom is -0.442 e. The normalized spacial score (nSPS) is 16.6. The Labute approximate surface area is 159 Å². The predicted octanol–water partition coefficient (Wildman–Crippen LogP) is 2.25. The van der Waals surface area contributed by atoms with Gasteiger partial charge in [0, 0.05) is 38.3 Å². The average molecular weight is 394 g/mol. The topological polar surface area (TPSA) is 99.5 Å². The molecule has 1 fully saturated rings. The molecule has 0 saturated carbocycles. The maximum Gasteiger partial charge on any atom is 0.276 e. The van der Waals surface area contributed by atoms with E-state index in [0.29, 0.717) is 37.4 Å². The van der Waals surface area contributed by atoms with Crippen molar-refractivity contribution < 1.29 is 17.6 Å². The summed E-state index contributed by atoms with van der Waals surface area (Å²) >= 11 is 0. The Morgan fingerprint density at radius 3 is 2.67 bits per heavy atom. The van der Waals surface area contributed by atoms with Gasteiger partial charge in [-0.05, 0) is 44.4 Å². The highest BCUT2D eigenvalue weighted by Crippen LogP contribution is 2.28. The molecule has 1 aliphatic heterocycles. The fraction of sp³-hybridized carbons (Fsp3) is 0.556. The molecule has 0 aromatic carbocycles. The summed E-state index contributed by atoms with van der Waals surface area (Å²) in [6.45, 7) is 5.24. The molecule has 27 heavy (non-hydrogen) atoms. The van der Waals surface area contributed by atoms with Crippen molar-refractivity contribution in [2.24, 2.45) is 5.92 Å². The summed E-state index contributed by atoms with van der Waals surface area (Å²) in [5.74, 6) is 0.388. The SMILES string of the molecule is CCCN(C)C(=O)C1CCN(S(=O)(=O)c2ccc(-c3cc(C)[nH]n3)o2)CC1. The number of carbonyl (C=O) groups is 1. The first-order valence-corrected chi connectivity index (χ1v) is 10.6. The molecule has 148 valence electrons. The molecule has 0 radical (unpaired) electrons. The molecule has 1 aliphatic rings. The molecule has 1 saturated heterocycles. The molecule has 3 rings (SSSR count). The van der Waals surface area contributed by atoms with Gasteiger partial charge in [-0.1, -0.05) is 6.92 Å². The monoisotopic (exact) mass is 394 g/mol. The standard InChI is InChI=1S/C18H26N4O4S/c1-4-9-21(3)18(23)14-7-10-22(11-8-14)27(24,25)17-6-5-16(26-17)15-12-13(2)19-20-15/h5-6,12,14H,4,7-11H2,1-3H3,(H,19,20). The number of hydrogen-bond acceptors (Lipinski definition) is 5. The van der Waals surface area contributed by atoms with Crippen LogP contribution in [0, 0.1) is 12.8 Å². The van der Waals surface area contributed by atoms with Crippen molar-refractivity contribution in [1.29, 1.82) is 0 Å². The van der Waals surface area contributed by atoms with Gasteiger partial charge in [-0.25, -0.2) is 8.42 Å². The zero-order chi connectivity index (χ0) is 19.6. The molecule has 0 bridgehead atoms. The molecule has 0 atom stereocenters. The average Bonchev–Trinajstić information content (AvgIpc) is 3.30. The van der Waals surface area contributed by atoms with E-state index in [1.165, 1.54) is 10.4 Å².